The summed E-state index contributed by atoms with van der Waals surface area (Å²) in [5.41, 5.74) is 0.484. The Morgan fingerprint density at radius 1 is 1.21 bits per heavy atom. The van der Waals surface area contributed by atoms with Gasteiger partial charge in [0.15, 0.2) is 0 Å². The summed E-state index contributed by atoms with van der Waals surface area (Å²) in [5.74, 6) is 0.891. The first-order chi connectivity index (χ1) is 9.26. The molecule has 0 amide bonds. The fraction of sp³-hybridized carbons (Fsp3) is 1.00. The number of piperidine rings is 1. The van der Waals surface area contributed by atoms with Crippen LogP contribution < -0.4 is 5.32 Å². The first-order valence-electron chi connectivity index (χ1n) is 8.29. The Kier molecular flexibility index (Phi) is 4.45. The van der Waals surface area contributed by atoms with Crippen LogP contribution in [0.5, 0.6) is 0 Å². The summed E-state index contributed by atoms with van der Waals surface area (Å²) in [4.78, 5) is 2.73. The van der Waals surface area contributed by atoms with E-state index in [-0.39, 0.29) is 0 Å². The van der Waals surface area contributed by atoms with Gasteiger partial charge < -0.3 is 15.0 Å². The molecule has 2 aliphatic heterocycles. The zero-order chi connectivity index (χ0) is 13.1. The highest BCUT2D eigenvalue weighted by molar-refractivity contribution is 4.91. The third-order valence-corrected chi connectivity index (χ3v) is 5.20. The molecule has 2 heterocycles. The maximum atomic E-state index is 5.61. The number of rotatable bonds is 5. The number of likely N-dealkylation sites (tertiary alicyclic amines) is 1. The summed E-state index contributed by atoms with van der Waals surface area (Å²) in [7, 11) is 0. The lowest BCUT2D eigenvalue weighted by Gasteiger charge is -2.43. The van der Waals surface area contributed by atoms with Crippen LogP contribution in [-0.2, 0) is 4.74 Å². The van der Waals surface area contributed by atoms with E-state index in [0.717, 1.165) is 25.2 Å². The SMILES string of the molecule is CC1CCCN(CC2(CNC3CC3)CCOCC2)C1. The van der Waals surface area contributed by atoms with Crippen molar-refractivity contribution in [2.45, 2.75) is 51.5 Å². The molecule has 3 rings (SSSR count). The Morgan fingerprint density at radius 3 is 2.68 bits per heavy atom. The van der Waals surface area contributed by atoms with Crippen molar-refractivity contribution < 1.29 is 4.74 Å². The molecular weight excluding hydrogens is 236 g/mol. The van der Waals surface area contributed by atoms with Gasteiger partial charge in [-0.25, -0.2) is 0 Å². The highest BCUT2D eigenvalue weighted by Crippen LogP contribution is 2.33. The van der Waals surface area contributed by atoms with Crippen molar-refractivity contribution in [2.24, 2.45) is 11.3 Å². The molecule has 0 radical (unpaired) electrons. The van der Waals surface area contributed by atoms with E-state index in [1.807, 2.05) is 0 Å². The standard InChI is InChI=1S/C16H30N2O/c1-14-3-2-8-18(11-14)13-16(6-9-19-10-7-16)12-17-15-4-5-15/h14-15,17H,2-13H2,1H3. The predicted molar refractivity (Wildman–Crippen MR) is 78.3 cm³/mol. The Labute approximate surface area is 118 Å². The average molecular weight is 266 g/mol. The van der Waals surface area contributed by atoms with Crippen LogP contribution in [0.15, 0.2) is 0 Å². The van der Waals surface area contributed by atoms with Crippen molar-refractivity contribution in [1.29, 1.82) is 0 Å². The number of ether oxygens (including phenoxy) is 1. The second kappa shape index (κ2) is 6.11. The summed E-state index contributed by atoms with van der Waals surface area (Å²) in [6.45, 7) is 9.48. The lowest BCUT2D eigenvalue weighted by atomic mass is 9.79. The van der Waals surface area contributed by atoms with Crippen LogP contribution in [-0.4, -0.2) is 50.3 Å². The zero-order valence-electron chi connectivity index (χ0n) is 12.5. The molecule has 110 valence electrons. The molecule has 1 unspecified atom stereocenters. The van der Waals surface area contributed by atoms with Crippen LogP contribution >= 0.6 is 0 Å². The van der Waals surface area contributed by atoms with Gasteiger partial charge in [0.1, 0.15) is 0 Å². The van der Waals surface area contributed by atoms with Gasteiger partial charge in [-0.3, -0.25) is 0 Å². The molecule has 1 N–H and O–H groups in total. The van der Waals surface area contributed by atoms with Gasteiger partial charge in [-0.2, -0.15) is 0 Å². The zero-order valence-corrected chi connectivity index (χ0v) is 12.5. The van der Waals surface area contributed by atoms with E-state index in [1.54, 1.807) is 0 Å². The summed E-state index contributed by atoms with van der Waals surface area (Å²) < 4.78 is 5.61. The third-order valence-electron chi connectivity index (χ3n) is 5.20. The van der Waals surface area contributed by atoms with Crippen LogP contribution in [0.4, 0.5) is 0 Å². The minimum absolute atomic E-state index is 0.484. The van der Waals surface area contributed by atoms with E-state index in [9.17, 15) is 0 Å². The van der Waals surface area contributed by atoms with Gasteiger partial charge in [-0.05, 0) is 56.4 Å². The predicted octanol–water partition coefficient (Wildman–Crippen LogP) is 2.27. The third kappa shape index (κ3) is 3.93. The van der Waals surface area contributed by atoms with Crippen LogP contribution in [0.3, 0.4) is 0 Å². The van der Waals surface area contributed by atoms with E-state index in [1.165, 1.54) is 64.7 Å². The monoisotopic (exact) mass is 266 g/mol. The van der Waals surface area contributed by atoms with Crippen LogP contribution in [0.2, 0.25) is 0 Å². The van der Waals surface area contributed by atoms with E-state index in [4.69, 9.17) is 4.74 Å². The molecule has 2 saturated heterocycles. The smallest absolute Gasteiger partial charge is 0.0472 e. The van der Waals surface area contributed by atoms with Gasteiger partial charge in [-0.15, -0.1) is 0 Å². The molecular formula is C16H30N2O. The Bertz CT molecular complexity index is 284. The molecule has 0 bridgehead atoms. The van der Waals surface area contributed by atoms with Crippen molar-refractivity contribution in [3.05, 3.63) is 0 Å². The van der Waals surface area contributed by atoms with Crippen molar-refractivity contribution >= 4 is 0 Å². The minimum atomic E-state index is 0.484. The lowest BCUT2D eigenvalue weighted by Crippen LogP contribution is -2.49. The maximum absolute atomic E-state index is 5.61. The molecule has 1 saturated carbocycles. The summed E-state index contributed by atoms with van der Waals surface area (Å²) in [6, 6.07) is 0.833. The van der Waals surface area contributed by atoms with Gasteiger partial charge in [0.05, 0.1) is 0 Å². The number of nitrogens with one attached hydrogen (secondary N) is 1. The van der Waals surface area contributed by atoms with Gasteiger partial charge in [0, 0.05) is 38.9 Å². The molecule has 0 spiro atoms. The fourth-order valence-corrected chi connectivity index (χ4v) is 3.75. The lowest BCUT2D eigenvalue weighted by molar-refractivity contribution is -0.0105. The Morgan fingerprint density at radius 2 is 2.00 bits per heavy atom. The first-order valence-corrected chi connectivity index (χ1v) is 8.29. The molecule has 3 nitrogen and oxygen atoms in total. The molecule has 0 aromatic heterocycles. The first kappa shape index (κ1) is 13.8. The van der Waals surface area contributed by atoms with Crippen molar-refractivity contribution in [3.63, 3.8) is 0 Å². The molecule has 3 aliphatic rings. The van der Waals surface area contributed by atoms with Crippen LogP contribution in [0.1, 0.15) is 45.4 Å². The van der Waals surface area contributed by atoms with Crippen molar-refractivity contribution in [3.8, 4) is 0 Å². The van der Waals surface area contributed by atoms with E-state index in [0.29, 0.717) is 5.41 Å². The van der Waals surface area contributed by atoms with Crippen molar-refractivity contribution in [1.82, 2.24) is 10.2 Å². The normalized spacial score (nSPS) is 32.4. The molecule has 1 atom stereocenters. The molecule has 19 heavy (non-hydrogen) atoms. The average Bonchev–Trinajstić information content (AvgIpc) is 3.22. The molecule has 0 aromatic carbocycles. The summed E-state index contributed by atoms with van der Waals surface area (Å²) >= 11 is 0. The van der Waals surface area contributed by atoms with E-state index < -0.39 is 0 Å². The Balaban J connectivity index is 1.56. The molecule has 1 aliphatic carbocycles. The van der Waals surface area contributed by atoms with Crippen LogP contribution in [0.25, 0.3) is 0 Å². The van der Waals surface area contributed by atoms with Gasteiger partial charge in [0.25, 0.3) is 0 Å². The Hall–Kier alpha value is -0.120. The van der Waals surface area contributed by atoms with Gasteiger partial charge in [-0.1, -0.05) is 6.92 Å². The highest BCUT2D eigenvalue weighted by Gasteiger charge is 2.36. The summed E-state index contributed by atoms with van der Waals surface area (Å²) in [6.07, 6.45) is 8.10. The number of hydrogen-bond acceptors (Lipinski definition) is 3. The highest BCUT2D eigenvalue weighted by atomic mass is 16.5. The van der Waals surface area contributed by atoms with Gasteiger partial charge >= 0.3 is 0 Å². The number of hydrogen-bond donors (Lipinski definition) is 1. The second-order valence-corrected chi connectivity index (χ2v) is 7.25. The van der Waals surface area contributed by atoms with Gasteiger partial charge in [0.2, 0.25) is 0 Å². The van der Waals surface area contributed by atoms with Crippen LogP contribution in [0, 0.1) is 11.3 Å². The minimum Gasteiger partial charge on any atom is -0.381 e. The second-order valence-electron chi connectivity index (χ2n) is 7.25. The van der Waals surface area contributed by atoms with E-state index in [2.05, 4.69) is 17.1 Å². The summed E-state index contributed by atoms with van der Waals surface area (Å²) in [5, 5.41) is 3.79. The quantitative estimate of drug-likeness (QED) is 0.826. The topological polar surface area (TPSA) is 24.5 Å². The number of nitrogens with zero attached hydrogens (tertiary/aromatic N) is 1. The fourth-order valence-electron chi connectivity index (χ4n) is 3.75. The maximum Gasteiger partial charge on any atom is 0.0472 e. The molecule has 0 aromatic rings. The molecule has 3 fully saturated rings. The molecule has 3 heteroatoms. The van der Waals surface area contributed by atoms with Crippen molar-refractivity contribution in [2.75, 3.05) is 39.4 Å². The largest absolute Gasteiger partial charge is 0.381 e. The van der Waals surface area contributed by atoms with E-state index >= 15 is 0 Å².